The highest BCUT2D eigenvalue weighted by molar-refractivity contribution is 5.94. The van der Waals surface area contributed by atoms with Gasteiger partial charge in [0.1, 0.15) is 5.82 Å². The molecule has 1 N–H and O–H groups in total. The Kier molecular flexibility index (Phi) is 3.00. The Labute approximate surface area is 128 Å². The van der Waals surface area contributed by atoms with Gasteiger partial charge in [-0.2, -0.15) is 9.78 Å². The predicted octanol–water partition coefficient (Wildman–Crippen LogP) is 1.72. The molecule has 2 aromatic heterocycles. The van der Waals surface area contributed by atoms with Crippen LogP contribution in [0.5, 0.6) is 0 Å². The Morgan fingerprint density at radius 3 is 2.82 bits per heavy atom. The largest absolute Gasteiger partial charge is 0.381 e. The van der Waals surface area contributed by atoms with Gasteiger partial charge >= 0.3 is 0 Å². The summed E-state index contributed by atoms with van der Waals surface area (Å²) in [5.74, 6) is 2.33. The summed E-state index contributed by atoms with van der Waals surface area (Å²) in [7, 11) is 0. The van der Waals surface area contributed by atoms with Gasteiger partial charge in [-0.1, -0.05) is 0 Å². The molecule has 0 bridgehead atoms. The minimum absolute atomic E-state index is 0.0621. The number of hydrogen-bond acceptors (Lipinski definition) is 4. The fraction of sp³-hybridized carbons (Fsp3) is 0.438. The van der Waals surface area contributed by atoms with E-state index in [-0.39, 0.29) is 11.8 Å². The normalized spacial score (nSPS) is 25.8. The van der Waals surface area contributed by atoms with E-state index >= 15 is 0 Å². The van der Waals surface area contributed by atoms with E-state index in [0.29, 0.717) is 36.7 Å². The first-order chi connectivity index (χ1) is 10.6. The molecule has 2 fully saturated rings. The van der Waals surface area contributed by atoms with E-state index in [1.54, 1.807) is 10.9 Å². The molecule has 4 rings (SSSR count). The third kappa shape index (κ3) is 2.20. The maximum absolute atomic E-state index is 12.4. The Hall–Kier alpha value is -2.21. The zero-order chi connectivity index (χ0) is 15.3. The SMILES string of the molecule is Cc1ccnc(-n2nc(C)cc2NC(=O)C2[C@H]3COC[C@@H]23)c1. The summed E-state index contributed by atoms with van der Waals surface area (Å²) in [5, 5.41) is 7.45. The second-order valence-electron chi connectivity index (χ2n) is 6.15. The summed E-state index contributed by atoms with van der Waals surface area (Å²) in [6.45, 7) is 5.33. The first-order valence-electron chi connectivity index (χ1n) is 7.52. The second-order valence-corrected chi connectivity index (χ2v) is 6.15. The Balaban J connectivity index is 1.58. The van der Waals surface area contributed by atoms with E-state index in [0.717, 1.165) is 11.3 Å². The first-order valence-corrected chi connectivity index (χ1v) is 7.52. The lowest BCUT2D eigenvalue weighted by molar-refractivity contribution is -0.118. The monoisotopic (exact) mass is 298 g/mol. The van der Waals surface area contributed by atoms with Crippen molar-refractivity contribution < 1.29 is 9.53 Å². The molecule has 22 heavy (non-hydrogen) atoms. The van der Waals surface area contributed by atoms with Crippen molar-refractivity contribution in [2.45, 2.75) is 13.8 Å². The number of hydrogen-bond donors (Lipinski definition) is 1. The number of ether oxygens (including phenoxy) is 1. The minimum atomic E-state index is 0.0621. The van der Waals surface area contributed by atoms with E-state index in [2.05, 4.69) is 15.4 Å². The van der Waals surface area contributed by atoms with Crippen molar-refractivity contribution in [2.24, 2.45) is 17.8 Å². The molecule has 3 heterocycles. The fourth-order valence-corrected chi connectivity index (χ4v) is 3.24. The quantitative estimate of drug-likeness (QED) is 0.936. The molecule has 114 valence electrons. The van der Waals surface area contributed by atoms with Gasteiger partial charge in [-0.15, -0.1) is 0 Å². The van der Waals surface area contributed by atoms with Crippen molar-refractivity contribution in [3.8, 4) is 5.82 Å². The molecule has 0 spiro atoms. The van der Waals surface area contributed by atoms with Gasteiger partial charge in [-0.3, -0.25) is 4.79 Å². The third-order valence-corrected chi connectivity index (χ3v) is 4.46. The highest BCUT2D eigenvalue weighted by Gasteiger charge is 2.58. The highest BCUT2D eigenvalue weighted by Crippen LogP contribution is 2.51. The molecule has 0 aromatic carbocycles. The molecule has 2 aliphatic rings. The van der Waals surface area contributed by atoms with Crippen LogP contribution in [-0.2, 0) is 9.53 Å². The summed E-state index contributed by atoms with van der Waals surface area (Å²) in [6, 6.07) is 5.75. The fourth-order valence-electron chi connectivity index (χ4n) is 3.24. The molecule has 6 nitrogen and oxygen atoms in total. The standard InChI is InChI=1S/C16H18N4O2/c1-9-3-4-17-13(5-9)20-14(6-10(2)19-20)18-16(21)15-11-7-22-8-12(11)15/h3-6,11-12,15H,7-8H2,1-2H3,(H,18,21)/t11-,12+,15?. The van der Waals surface area contributed by atoms with Gasteiger partial charge in [0.05, 0.1) is 18.9 Å². The van der Waals surface area contributed by atoms with Crippen LogP contribution in [0.4, 0.5) is 5.82 Å². The number of fused-ring (bicyclic) bond motifs is 1. The first kappa shape index (κ1) is 13.5. The molecule has 1 saturated carbocycles. The van der Waals surface area contributed by atoms with Crippen molar-refractivity contribution in [2.75, 3.05) is 18.5 Å². The van der Waals surface area contributed by atoms with Gasteiger partial charge in [0, 0.05) is 18.2 Å². The number of nitrogens with zero attached hydrogens (tertiary/aromatic N) is 3. The van der Waals surface area contributed by atoms with Gasteiger partial charge in [0.15, 0.2) is 5.82 Å². The summed E-state index contributed by atoms with van der Waals surface area (Å²) >= 11 is 0. The summed E-state index contributed by atoms with van der Waals surface area (Å²) in [5.41, 5.74) is 1.95. The lowest BCUT2D eigenvalue weighted by atomic mass is 10.3. The number of amides is 1. The lowest BCUT2D eigenvalue weighted by Crippen LogP contribution is -2.20. The molecule has 0 radical (unpaired) electrons. The molecule has 2 aromatic rings. The number of nitrogens with one attached hydrogen (secondary N) is 1. The Morgan fingerprint density at radius 2 is 2.09 bits per heavy atom. The average molecular weight is 298 g/mol. The smallest absolute Gasteiger partial charge is 0.229 e. The number of aryl methyl sites for hydroxylation is 2. The topological polar surface area (TPSA) is 69.0 Å². The molecule has 1 aliphatic heterocycles. The molecular formula is C16H18N4O2. The van der Waals surface area contributed by atoms with E-state index < -0.39 is 0 Å². The van der Waals surface area contributed by atoms with Gasteiger partial charge in [0.25, 0.3) is 0 Å². The van der Waals surface area contributed by atoms with E-state index in [1.165, 1.54) is 0 Å². The van der Waals surface area contributed by atoms with Crippen LogP contribution < -0.4 is 5.32 Å². The van der Waals surface area contributed by atoms with Crippen molar-refractivity contribution in [3.63, 3.8) is 0 Å². The van der Waals surface area contributed by atoms with Crippen molar-refractivity contribution in [3.05, 3.63) is 35.7 Å². The summed E-state index contributed by atoms with van der Waals surface area (Å²) in [4.78, 5) is 16.8. The molecule has 1 aliphatic carbocycles. The average Bonchev–Trinajstić information content (AvgIpc) is 2.82. The molecule has 6 heteroatoms. The van der Waals surface area contributed by atoms with Crippen LogP contribution in [-0.4, -0.2) is 33.9 Å². The Morgan fingerprint density at radius 1 is 1.32 bits per heavy atom. The van der Waals surface area contributed by atoms with Crippen LogP contribution in [0.25, 0.3) is 5.82 Å². The Bertz CT molecular complexity index is 729. The van der Waals surface area contributed by atoms with Gasteiger partial charge in [-0.25, -0.2) is 4.98 Å². The summed E-state index contributed by atoms with van der Waals surface area (Å²) in [6.07, 6.45) is 1.75. The second kappa shape index (κ2) is 4.91. The van der Waals surface area contributed by atoms with Crippen LogP contribution >= 0.6 is 0 Å². The lowest BCUT2D eigenvalue weighted by Gasteiger charge is -2.09. The minimum Gasteiger partial charge on any atom is -0.381 e. The zero-order valence-corrected chi connectivity index (χ0v) is 12.6. The van der Waals surface area contributed by atoms with Gasteiger partial charge < -0.3 is 10.1 Å². The number of carbonyl (C=O) groups excluding carboxylic acids is 1. The van der Waals surface area contributed by atoms with Gasteiger partial charge in [-0.05, 0) is 43.4 Å². The van der Waals surface area contributed by atoms with E-state index in [9.17, 15) is 4.79 Å². The molecule has 1 unspecified atom stereocenters. The van der Waals surface area contributed by atoms with Crippen molar-refractivity contribution >= 4 is 11.7 Å². The van der Waals surface area contributed by atoms with Crippen LogP contribution in [0.2, 0.25) is 0 Å². The van der Waals surface area contributed by atoms with Crippen LogP contribution in [0.1, 0.15) is 11.3 Å². The van der Waals surface area contributed by atoms with Crippen LogP contribution in [0.3, 0.4) is 0 Å². The van der Waals surface area contributed by atoms with Gasteiger partial charge in [0.2, 0.25) is 5.91 Å². The zero-order valence-electron chi connectivity index (χ0n) is 12.6. The highest BCUT2D eigenvalue weighted by atomic mass is 16.5. The number of anilines is 1. The maximum Gasteiger partial charge on any atom is 0.229 e. The van der Waals surface area contributed by atoms with E-state index in [1.807, 2.05) is 32.0 Å². The molecular weight excluding hydrogens is 280 g/mol. The van der Waals surface area contributed by atoms with Crippen LogP contribution in [0, 0.1) is 31.6 Å². The predicted molar refractivity (Wildman–Crippen MR) is 80.8 cm³/mol. The number of carbonyl (C=O) groups is 1. The molecule has 1 saturated heterocycles. The van der Waals surface area contributed by atoms with Crippen molar-refractivity contribution in [1.82, 2.24) is 14.8 Å². The number of rotatable bonds is 3. The number of pyridine rings is 1. The van der Waals surface area contributed by atoms with E-state index in [4.69, 9.17) is 4.74 Å². The number of aromatic nitrogens is 3. The molecule has 1 amide bonds. The van der Waals surface area contributed by atoms with Crippen LogP contribution in [0.15, 0.2) is 24.4 Å². The maximum atomic E-state index is 12.4. The third-order valence-electron chi connectivity index (χ3n) is 4.46. The summed E-state index contributed by atoms with van der Waals surface area (Å²) < 4.78 is 7.03. The molecule has 3 atom stereocenters. The van der Waals surface area contributed by atoms with Crippen molar-refractivity contribution in [1.29, 1.82) is 0 Å².